The number of rotatable bonds is 40. The molecule has 0 heterocycles. The summed E-state index contributed by atoms with van der Waals surface area (Å²) in [4.78, 5) is 25.3. The highest BCUT2D eigenvalue weighted by Crippen LogP contribution is 2.38. The molecular formula is C43H87N2O6P. The molecule has 0 saturated carbocycles. The maximum Gasteiger partial charge on any atom is 0.268 e. The van der Waals surface area contributed by atoms with Crippen LogP contribution in [-0.2, 0) is 18.4 Å². The van der Waals surface area contributed by atoms with Crippen LogP contribution < -0.4 is 10.2 Å². The van der Waals surface area contributed by atoms with Crippen LogP contribution in [0, 0.1) is 0 Å². The second-order valence-electron chi connectivity index (χ2n) is 16.4. The first kappa shape index (κ1) is 51.2. The Kier molecular flexibility index (Phi) is 35.4. The molecule has 0 spiro atoms. The number of amides is 1. The average molecular weight is 759 g/mol. The summed E-state index contributed by atoms with van der Waals surface area (Å²) in [7, 11) is 1.29. The molecule has 3 atom stereocenters. The minimum atomic E-state index is -4.56. The molecule has 1 amide bonds. The van der Waals surface area contributed by atoms with Crippen molar-refractivity contribution in [1.82, 2.24) is 5.32 Å². The monoisotopic (exact) mass is 759 g/mol. The van der Waals surface area contributed by atoms with Crippen LogP contribution in [0.4, 0.5) is 0 Å². The molecule has 0 rings (SSSR count). The number of hydrogen-bond donors (Lipinski definition) is 2. The Morgan fingerprint density at radius 3 is 1.50 bits per heavy atom. The van der Waals surface area contributed by atoms with Gasteiger partial charge in [-0.25, -0.2) is 0 Å². The maximum absolute atomic E-state index is 12.8. The Labute approximate surface area is 322 Å². The molecule has 2 N–H and O–H groups in total. The highest BCUT2D eigenvalue weighted by atomic mass is 31.2. The lowest BCUT2D eigenvalue weighted by Gasteiger charge is -2.30. The minimum absolute atomic E-state index is 0.00960. The van der Waals surface area contributed by atoms with Gasteiger partial charge in [-0.05, 0) is 38.5 Å². The number of carbonyl (C=O) groups excluding carboxylic acids is 1. The Morgan fingerprint density at radius 2 is 1.06 bits per heavy atom. The summed E-state index contributed by atoms with van der Waals surface area (Å²) in [5.74, 6) is -0.173. The summed E-state index contributed by atoms with van der Waals surface area (Å²) < 4.78 is 23.2. The molecule has 8 nitrogen and oxygen atoms in total. The number of allylic oxidation sites excluding steroid dienone is 2. The molecule has 9 heteroatoms. The summed E-state index contributed by atoms with van der Waals surface area (Å²) in [5.41, 5.74) is 0. The Morgan fingerprint density at radius 1 is 0.654 bits per heavy atom. The molecule has 0 aliphatic carbocycles. The lowest BCUT2D eigenvalue weighted by molar-refractivity contribution is -0.870. The van der Waals surface area contributed by atoms with E-state index >= 15 is 0 Å². The molecule has 0 radical (unpaired) electrons. The molecule has 0 aliphatic heterocycles. The summed E-state index contributed by atoms with van der Waals surface area (Å²) in [6.07, 6.45) is 39.3. The zero-order chi connectivity index (χ0) is 38.6. The number of nitrogens with zero attached hydrogens (tertiary/aromatic N) is 1. The van der Waals surface area contributed by atoms with Crippen molar-refractivity contribution >= 4 is 13.7 Å². The van der Waals surface area contributed by atoms with Crippen molar-refractivity contribution in [2.75, 3.05) is 40.9 Å². The van der Waals surface area contributed by atoms with Crippen molar-refractivity contribution in [2.24, 2.45) is 0 Å². The number of phosphoric ester groups is 1. The van der Waals surface area contributed by atoms with Gasteiger partial charge in [-0.1, -0.05) is 174 Å². The van der Waals surface area contributed by atoms with Gasteiger partial charge in [0.25, 0.3) is 7.82 Å². The SMILES string of the molecule is CCCCCCCCCCCCC/C=C/CCCC[C@@H](O)[C@H](COP(=O)([O-])OCC[N+](C)(C)C)NC(=O)CCCCCCCCCCCCCCC. The topological polar surface area (TPSA) is 108 Å². The number of hydrogen-bond acceptors (Lipinski definition) is 6. The summed E-state index contributed by atoms with van der Waals surface area (Å²) >= 11 is 0. The van der Waals surface area contributed by atoms with E-state index in [1.807, 2.05) is 21.1 Å². The molecule has 310 valence electrons. The molecule has 0 aromatic rings. The third kappa shape index (κ3) is 37.6. The zero-order valence-corrected chi connectivity index (χ0v) is 35.9. The predicted molar refractivity (Wildman–Crippen MR) is 219 cm³/mol. The number of likely N-dealkylation sites (N-methyl/N-ethyl adjacent to an activating group) is 1. The Hall–Kier alpha value is -0.760. The third-order valence-electron chi connectivity index (χ3n) is 10.0. The first-order chi connectivity index (χ1) is 25.0. The third-order valence-corrected chi connectivity index (χ3v) is 11.0. The van der Waals surface area contributed by atoms with Gasteiger partial charge in [-0.2, -0.15) is 0 Å². The van der Waals surface area contributed by atoms with Crippen molar-refractivity contribution in [3.8, 4) is 0 Å². The van der Waals surface area contributed by atoms with E-state index in [-0.39, 0.29) is 19.1 Å². The fraction of sp³-hybridized carbons (Fsp3) is 0.930. The molecule has 1 unspecified atom stereocenters. The van der Waals surface area contributed by atoms with E-state index in [2.05, 4.69) is 31.3 Å². The minimum Gasteiger partial charge on any atom is -0.756 e. The van der Waals surface area contributed by atoms with E-state index in [9.17, 15) is 19.4 Å². The number of phosphoric acid groups is 1. The van der Waals surface area contributed by atoms with E-state index < -0.39 is 20.0 Å². The molecule has 0 aliphatic rings. The van der Waals surface area contributed by atoms with Gasteiger partial charge in [-0.3, -0.25) is 9.36 Å². The van der Waals surface area contributed by atoms with Gasteiger partial charge in [0.2, 0.25) is 5.91 Å². The molecule has 0 aromatic heterocycles. The lowest BCUT2D eigenvalue weighted by Crippen LogP contribution is -2.46. The van der Waals surface area contributed by atoms with E-state index in [0.29, 0.717) is 23.9 Å². The van der Waals surface area contributed by atoms with Crippen LogP contribution in [0.15, 0.2) is 12.2 Å². The predicted octanol–water partition coefficient (Wildman–Crippen LogP) is 11.3. The highest BCUT2D eigenvalue weighted by molar-refractivity contribution is 7.45. The molecule has 0 bridgehead atoms. The van der Waals surface area contributed by atoms with Crippen molar-refractivity contribution in [3.63, 3.8) is 0 Å². The van der Waals surface area contributed by atoms with Crippen LogP contribution in [0.25, 0.3) is 0 Å². The molecule has 0 saturated heterocycles. The molecular weight excluding hydrogens is 671 g/mol. The lowest BCUT2D eigenvalue weighted by atomic mass is 10.0. The standard InChI is InChI=1S/C43H87N2O6P/c1-6-8-10-12-14-16-18-20-21-22-23-25-26-28-30-32-34-36-42(46)41(40-51-52(48,49)50-39-38-45(3,4)5)44-43(47)37-35-33-31-29-27-24-19-17-15-13-11-9-7-2/h26,28,41-42,46H,6-25,27,29-40H2,1-5H3,(H-,44,47,48,49)/b28-26+/t41-,42+/m0/s1. The fourth-order valence-corrected chi connectivity index (χ4v) is 7.17. The van der Waals surface area contributed by atoms with E-state index in [1.165, 1.54) is 135 Å². The van der Waals surface area contributed by atoms with E-state index in [0.717, 1.165) is 44.9 Å². The summed E-state index contributed by atoms with van der Waals surface area (Å²) in [6.45, 7) is 4.70. The van der Waals surface area contributed by atoms with Gasteiger partial charge >= 0.3 is 0 Å². The van der Waals surface area contributed by atoms with Gasteiger partial charge < -0.3 is 28.8 Å². The van der Waals surface area contributed by atoms with E-state index in [4.69, 9.17) is 9.05 Å². The highest BCUT2D eigenvalue weighted by Gasteiger charge is 2.24. The average Bonchev–Trinajstić information content (AvgIpc) is 3.09. The maximum atomic E-state index is 12.8. The number of quaternary nitrogens is 1. The fourth-order valence-electron chi connectivity index (χ4n) is 6.45. The normalized spacial score (nSPS) is 14.5. The molecule has 52 heavy (non-hydrogen) atoms. The first-order valence-electron chi connectivity index (χ1n) is 22.0. The van der Waals surface area contributed by atoms with Gasteiger partial charge in [-0.15, -0.1) is 0 Å². The quantitative estimate of drug-likeness (QED) is 0.0279. The molecule has 0 fully saturated rings. The summed E-state index contributed by atoms with van der Waals surface area (Å²) in [5, 5.41) is 13.9. The second-order valence-corrected chi connectivity index (χ2v) is 17.8. The second kappa shape index (κ2) is 35.9. The van der Waals surface area contributed by atoms with Gasteiger partial charge in [0.05, 0.1) is 39.9 Å². The van der Waals surface area contributed by atoms with Crippen molar-refractivity contribution in [3.05, 3.63) is 12.2 Å². The van der Waals surface area contributed by atoms with Gasteiger partial charge in [0.15, 0.2) is 0 Å². The number of carbonyl (C=O) groups is 1. The smallest absolute Gasteiger partial charge is 0.268 e. The van der Waals surface area contributed by atoms with Crippen molar-refractivity contribution < 1.29 is 32.9 Å². The number of aliphatic hydroxyl groups excluding tert-OH is 1. The number of nitrogens with one attached hydrogen (secondary N) is 1. The largest absolute Gasteiger partial charge is 0.756 e. The molecule has 0 aromatic carbocycles. The van der Waals surface area contributed by atoms with Crippen LogP contribution in [0.5, 0.6) is 0 Å². The Balaban J connectivity index is 4.40. The van der Waals surface area contributed by atoms with Crippen molar-refractivity contribution in [1.29, 1.82) is 0 Å². The summed E-state index contributed by atoms with van der Waals surface area (Å²) in [6, 6.07) is -0.810. The van der Waals surface area contributed by atoms with Crippen LogP contribution in [0.3, 0.4) is 0 Å². The van der Waals surface area contributed by atoms with Crippen LogP contribution in [-0.4, -0.2) is 68.5 Å². The van der Waals surface area contributed by atoms with Crippen molar-refractivity contribution in [2.45, 2.75) is 219 Å². The van der Waals surface area contributed by atoms with Crippen LogP contribution in [0.1, 0.15) is 206 Å². The van der Waals surface area contributed by atoms with Crippen LogP contribution >= 0.6 is 7.82 Å². The van der Waals surface area contributed by atoms with Crippen LogP contribution in [0.2, 0.25) is 0 Å². The Bertz CT molecular complexity index is 865. The number of unbranched alkanes of at least 4 members (excludes halogenated alkanes) is 25. The van der Waals surface area contributed by atoms with E-state index in [1.54, 1.807) is 0 Å². The van der Waals surface area contributed by atoms with Gasteiger partial charge in [0, 0.05) is 6.42 Å². The first-order valence-corrected chi connectivity index (χ1v) is 23.5. The zero-order valence-electron chi connectivity index (χ0n) is 35.0. The van der Waals surface area contributed by atoms with Gasteiger partial charge in [0.1, 0.15) is 13.2 Å². The number of aliphatic hydroxyl groups is 1.